The summed E-state index contributed by atoms with van der Waals surface area (Å²) in [5.74, 6) is -1.85. The molecule has 0 saturated carbocycles. The Hall–Kier alpha value is -1.03. The summed E-state index contributed by atoms with van der Waals surface area (Å²) in [6, 6.07) is 1.70. The van der Waals surface area contributed by atoms with Crippen LogP contribution in [0.3, 0.4) is 0 Å². The van der Waals surface area contributed by atoms with E-state index in [0.29, 0.717) is 0 Å². The van der Waals surface area contributed by atoms with Crippen molar-refractivity contribution < 1.29 is 27.1 Å². The van der Waals surface area contributed by atoms with Gasteiger partial charge in [0.1, 0.15) is 11.9 Å². The summed E-state index contributed by atoms with van der Waals surface area (Å²) in [7, 11) is -4.07. The number of rotatable bonds is 3. The maximum absolute atomic E-state index is 13.6. The maximum atomic E-state index is 13.6. The number of hydrogen-bond donors (Lipinski definition) is 1. The first kappa shape index (κ1) is 14.4. The monoisotopic (exact) mass is 353 g/mol. The van der Waals surface area contributed by atoms with Crippen LogP contribution < -0.4 is 5.14 Å². The average Bonchev–Trinajstić information content (AvgIpc) is 2.21. The molecular weight excluding hydrogens is 345 g/mol. The lowest BCUT2D eigenvalue weighted by Crippen LogP contribution is -2.38. The van der Waals surface area contributed by atoms with Gasteiger partial charge in [0.25, 0.3) is 0 Å². The zero-order valence-corrected chi connectivity index (χ0v) is 11.8. The van der Waals surface area contributed by atoms with Crippen molar-refractivity contribution in [2.45, 2.75) is 11.0 Å². The number of esters is 1. The van der Waals surface area contributed by atoms with Gasteiger partial charge in [0.05, 0.1) is 23.7 Å². The van der Waals surface area contributed by atoms with Crippen molar-refractivity contribution in [3.63, 3.8) is 0 Å². The number of nitrogens with two attached hydrogens (primary N) is 1. The largest absolute Gasteiger partial charge is 0.454 e. The van der Waals surface area contributed by atoms with Crippen LogP contribution in [-0.2, 0) is 19.5 Å². The van der Waals surface area contributed by atoms with Crippen molar-refractivity contribution in [2.24, 2.45) is 5.14 Å². The Morgan fingerprint density at radius 1 is 1.47 bits per heavy atom. The fourth-order valence-corrected chi connectivity index (χ4v) is 3.01. The Labute approximate surface area is 116 Å². The molecule has 9 heteroatoms. The molecule has 1 fully saturated rings. The van der Waals surface area contributed by atoms with Crippen LogP contribution in [0.25, 0.3) is 0 Å². The second kappa shape index (κ2) is 5.16. The standard InChI is InChI=1S/C10H9BrFNO5S/c11-7-2-8(12)6(1-9(7)19(13,15)16)10(14)18-5-3-17-4-5/h1-2,5H,3-4H2,(H2,13,15,16). The highest BCUT2D eigenvalue weighted by Crippen LogP contribution is 2.25. The van der Waals surface area contributed by atoms with Crippen molar-refractivity contribution in [1.29, 1.82) is 0 Å². The summed E-state index contributed by atoms with van der Waals surface area (Å²) in [4.78, 5) is 11.3. The molecule has 1 saturated heterocycles. The Bertz CT molecular complexity index is 629. The van der Waals surface area contributed by atoms with Crippen LogP contribution in [-0.4, -0.2) is 33.7 Å². The molecule has 2 rings (SSSR count). The molecule has 1 aliphatic heterocycles. The Balaban J connectivity index is 2.36. The summed E-state index contributed by atoms with van der Waals surface area (Å²) >= 11 is 2.87. The number of halogens is 2. The van der Waals surface area contributed by atoms with Crippen LogP contribution in [0.1, 0.15) is 10.4 Å². The number of sulfonamides is 1. The topological polar surface area (TPSA) is 95.7 Å². The first-order valence-electron chi connectivity index (χ1n) is 5.09. The normalized spacial score (nSPS) is 15.9. The van der Waals surface area contributed by atoms with E-state index in [9.17, 15) is 17.6 Å². The van der Waals surface area contributed by atoms with Gasteiger partial charge in [0.2, 0.25) is 10.0 Å². The molecule has 1 aliphatic rings. The molecule has 1 aromatic rings. The number of ether oxygens (including phenoxy) is 2. The van der Waals surface area contributed by atoms with Crippen LogP contribution in [0.5, 0.6) is 0 Å². The highest BCUT2D eigenvalue weighted by atomic mass is 79.9. The zero-order chi connectivity index (χ0) is 14.2. The van der Waals surface area contributed by atoms with Gasteiger partial charge in [-0.25, -0.2) is 22.7 Å². The van der Waals surface area contributed by atoms with Crippen LogP contribution in [0, 0.1) is 5.82 Å². The summed E-state index contributed by atoms with van der Waals surface area (Å²) in [6.07, 6.45) is -0.437. The third-order valence-corrected chi connectivity index (χ3v) is 4.30. The molecule has 0 spiro atoms. The van der Waals surface area contributed by atoms with Gasteiger partial charge in [-0.15, -0.1) is 0 Å². The number of carbonyl (C=O) groups is 1. The van der Waals surface area contributed by atoms with Gasteiger partial charge in [0.15, 0.2) is 0 Å². The quantitative estimate of drug-likeness (QED) is 0.810. The van der Waals surface area contributed by atoms with E-state index in [1.165, 1.54) is 0 Å². The Kier molecular flexibility index (Phi) is 3.90. The molecule has 104 valence electrons. The highest BCUT2D eigenvalue weighted by Gasteiger charge is 2.27. The first-order valence-corrected chi connectivity index (χ1v) is 7.43. The summed E-state index contributed by atoms with van der Waals surface area (Å²) in [5, 5.41) is 4.96. The molecule has 0 amide bonds. The van der Waals surface area contributed by atoms with Gasteiger partial charge in [-0.2, -0.15) is 0 Å². The lowest BCUT2D eigenvalue weighted by atomic mass is 10.2. The number of hydrogen-bond acceptors (Lipinski definition) is 5. The van der Waals surface area contributed by atoms with E-state index in [0.717, 1.165) is 12.1 Å². The van der Waals surface area contributed by atoms with Crippen molar-refractivity contribution >= 4 is 31.9 Å². The molecule has 0 bridgehead atoms. The van der Waals surface area contributed by atoms with Crippen molar-refractivity contribution in [1.82, 2.24) is 0 Å². The summed E-state index contributed by atoms with van der Waals surface area (Å²) in [6.45, 7) is 0.484. The zero-order valence-electron chi connectivity index (χ0n) is 9.43. The third kappa shape index (κ3) is 3.11. The molecule has 0 radical (unpaired) electrons. The van der Waals surface area contributed by atoms with Gasteiger partial charge < -0.3 is 9.47 Å². The van der Waals surface area contributed by atoms with Crippen molar-refractivity contribution in [3.05, 3.63) is 28.0 Å². The second-order valence-corrected chi connectivity index (χ2v) is 6.26. The van der Waals surface area contributed by atoms with Gasteiger partial charge in [-0.1, -0.05) is 0 Å². The molecular formula is C10H9BrFNO5S. The number of benzene rings is 1. The number of carbonyl (C=O) groups excluding carboxylic acids is 1. The van der Waals surface area contributed by atoms with E-state index in [1.54, 1.807) is 0 Å². The van der Waals surface area contributed by atoms with Crippen LogP contribution in [0.4, 0.5) is 4.39 Å². The van der Waals surface area contributed by atoms with E-state index in [4.69, 9.17) is 14.6 Å². The van der Waals surface area contributed by atoms with Gasteiger partial charge in [0, 0.05) is 4.47 Å². The van der Waals surface area contributed by atoms with Gasteiger partial charge in [-0.3, -0.25) is 0 Å². The lowest BCUT2D eigenvalue weighted by molar-refractivity contribution is -0.103. The van der Waals surface area contributed by atoms with Crippen molar-refractivity contribution in [3.8, 4) is 0 Å². The lowest BCUT2D eigenvalue weighted by Gasteiger charge is -2.25. The molecule has 6 nitrogen and oxygen atoms in total. The Morgan fingerprint density at radius 2 is 2.11 bits per heavy atom. The van der Waals surface area contributed by atoms with Crippen LogP contribution in [0.2, 0.25) is 0 Å². The fourth-order valence-electron chi connectivity index (χ4n) is 1.40. The molecule has 19 heavy (non-hydrogen) atoms. The highest BCUT2D eigenvalue weighted by molar-refractivity contribution is 9.10. The number of primary sulfonamides is 1. The second-order valence-electron chi connectivity index (χ2n) is 3.87. The van der Waals surface area contributed by atoms with Gasteiger partial charge >= 0.3 is 5.97 Å². The van der Waals surface area contributed by atoms with E-state index in [1.807, 2.05) is 0 Å². The molecule has 0 unspecified atom stereocenters. The van der Waals surface area contributed by atoms with Crippen LogP contribution >= 0.6 is 15.9 Å². The summed E-state index contributed by atoms with van der Waals surface area (Å²) < 4.78 is 45.9. The smallest absolute Gasteiger partial charge is 0.341 e. The fraction of sp³-hybridized carbons (Fsp3) is 0.300. The molecule has 0 atom stereocenters. The molecule has 1 heterocycles. The predicted molar refractivity (Wildman–Crippen MR) is 65.5 cm³/mol. The van der Waals surface area contributed by atoms with E-state index >= 15 is 0 Å². The predicted octanol–water partition coefficient (Wildman–Crippen LogP) is 0.791. The minimum atomic E-state index is -4.07. The van der Waals surface area contributed by atoms with E-state index in [-0.39, 0.29) is 22.6 Å². The minimum absolute atomic E-state index is 0.0592. The molecule has 0 aromatic heterocycles. The van der Waals surface area contributed by atoms with E-state index < -0.39 is 33.5 Å². The molecule has 0 aliphatic carbocycles. The molecule has 2 N–H and O–H groups in total. The molecule has 1 aromatic carbocycles. The maximum Gasteiger partial charge on any atom is 0.341 e. The van der Waals surface area contributed by atoms with Gasteiger partial charge in [-0.05, 0) is 28.1 Å². The minimum Gasteiger partial charge on any atom is -0.454 e. The summed E-state index contributed by atoms with van der Waals surface area (Å²) in [5.41, 5.74) is -0.487. The first-order chi connectivity index (χ1) is 8.79. The SMILES string of the molecule is NS(=O)(=O)c1cc(C(=O)OC2COC2)c(F)cc1Br. The third-order valence-electron chi connectivity index (χ3n) is 2.43. The average molecular weight is 354 g/mol. The Morgan fingerprint density at radius 3 is 2.58 bits per heavy atom. The van der Waals surface area contributed by atoms with Crippen LogP contribution in [0.15, 0.2) is 21.5 Å². The van der Waals surface area contributed by atoms with E-state index in [2.05, 4.69) is 15.9 Å². The van der Waals surface area contributed by atoms with Crippen molar-refractivity contribution in [2.75, 3.05) is 13.2 Å².